The fourth-order valence-corrected chi connectivity index (χ4v) is 1.76. The van der Waals surface area contributed by atoms with E-state index in [9.17, 15) is 4.79 Å². The highest BCUT2D eigenvalue weighted by Gasteiger charge is 2.13. The molecule has 0 atom stereocenters. The summed E-state index contributed by atoms with van der Waals surface area (Å²) in [6, 6.07) is 4.69. The molecule has 2 rings (SSSR count). The van der Waals surface area contributed by atoms with Crippen molar-refractivity contribution in [3.63, 3.8) is 0 Å². The van der Waals surface area contributed by atoms with Crippen molar-refractivity contribution in [2.45, 2.75) is 0 Å². The van der Waals surface area contributed by atoms with Crippen molar-refractivity contribution < 1.29 is 9.53 Å². The summed E-state index contributed by atoms with van der Waals surface area (Å²) in [5.41, 5.74) is 6.03. The highest BCUT2D eigenvalue weighted by molar-refractivity contribution is 6.35. The lowest BCUT2D eigenvalue weighted by atomic mass is 10.1. The first-order valence-corrected chi connectivity index (χ1v) is 5.35. The van der Waals surface area contributed by atoms with Crippen LogP contribution in [0.4, 0.5) is 0 Å². The van der Waals surface area contributed by atoms with Crippen molar-refractivity contribution in [3.8, 4) is 5.75 Å². The lowest BCUT2D eigenvalue weighted by Crippen LogP contribution is -2.13. The molecule has 18 heavy (non-hydrogen) atoms. The molecule has 1 amide bonds. The van der Waals surface area contributed by atoms with E-state index in [2.05, 4.69) is 9.83 Å². The van der Waals surface area contributed by atoms with E-state index in [1.807, 2.05) is 0 Å². The lowest BCUT2D eigenvalue weighted by Gasteiger charge is -2.07. The predicted octanol–water partition coefficient (Wildman–Crippen LogP) is 2.24. The summed E-state index contributed by atoms with van der Waals surface area (Å²) in [7, 11) is 0. The number of rotatable bonds is 3. The molecule has 0 bridgehead atoms. The monoisotopic (exact) mass is 261 g/mol. The Kier molecular flexibility index (Phi) is 3.31. The van der Waals surface area contributed by atoms with Gasteiger partial charge in [0.1, 0.15) is 5.75 Å². The second-order valence-corrected chi connectivity index (χ2v) is 3.86. The van der Waals surface area contributed by atoms with Crippen LogP contribution in [0.2, 0.25) is 5.02 Å². The lowest BCUT2D eigenvalue weighted by molar-refractivity contribution is 0.0997. The van der Waals surface area contributed by atoms with Crippen molar-refractivity contribution in [3.05, 3.63) is 46.4 Å². The Hall–Kier alpha value is -2.32. The molecule has 0 aliphatic rings. The maximum atomic E-state index is 11.3. The number of hydrogen-bond donors (Lipinski definition) is 1. The number of aromatic nitrogens is 1. The third-order valence-corrected chi connectivity index (χ3v) is 2.67. The zero-order valence-electron chi connectivity index (χ0n) is 9.18. The number of pyridine rings is 1. The molecule has 5 nitrogen and oxygen atoms in total. The molecule has 6 heteroatoms. The first-order chi connectivity index (χ1) is 8.63. The van der Waals surface area contributed by atoms with E-state index in [0.29, 0.717) is 15.9 Å². The maximum Gasteiger partial charge on any atom is 0.357 e. The number of carbonyl (C=O) groups is 1. The third-order valence-electron chi connectivity index (χ3n) is 2.34. The Morgan fingerprint density at radius 2 is 2.33 bits per heavy atom. The van der Waals surface area contributed by atoms with E-state index < -0.39 is 5.91 Å². The number of nitrogens with two attached hydrogens (primary N) is 1. The van der Waals surface area contributed by atoms with Gasteiger partial charge in [-0.3, -0.25) is 14.6 Å². The highest BCUT2D eigenvalue weighted by Crippen LogP contribution is 2.29. The number of fused-ring (bicyclic) bond motifs is 1. The summed E-state index contributed by atoms with van der Waals surface area (Å²) < 4.78 is 5.16. The second kappa shape index (κ2) is 4.90. The van der Waals surface area contributed by atoms with Gasteiger partial charge in [0.2, 0.25) is 0 Å². The van der Waals surface area contributed by atoms with Crippen LogP contribution in [0.1, 0.15) is 10.4 Å². The van der Waals surface area contributed by atoms with E-state index in [4.69, 9.17) is 28.6 Å². The molecule has 0 unspecified atom stereocenters. The number of nitrogens with zero attached hydrogens (tertiary/aromatic N) is 2. The van der Waals surface area contributed by atoms with Crippen LogP contribution in [0.25, 0.3) is 15.7 Å². The molecular weight excluding hydrogens is 254 g/mol. The van der Waals surface area contributed by atoms with E-state index in [-0.39, 0.29) is 18.0 Å². The van der Waals surface area contributed by atoms with E-state index in [1.54, 1.807) is 18.3 Å². The first-order valence-electron chi connectivity index (χ1n) is 4.97. The topological polar surface area (TPSA) is 69.6 Å². The summed E-state index contributed by atoms with van der Waals surface area (Å²) in [5.74, 6) is -0.405. The number of primary amides is 1. The Morgan fingerprint density at radius 1 is 1.56 bits per heavy atom. The van der Waals surface area contributed by atoms with Gasteiger partial charge in [-0.15, -0.1) is 0 Å². The van der Waals surface area contributed by atoms with Crippen molar-refractivity contribution in [2.75, 3.05) is 6.73 Å². The van der Waals surface area contributed by atoms with Gasteiger partial charge >= 0.3 is 6.73 Å². The predicted molar refractivity (Wildman–Crippen MR) is 67.4 cm³/mol. The largest absolute Gasteiger partial charge is 0.425 e. The number of ether oxygens (including phenoxy) is 1. The van der Waals surface area contributed by atoms with Crippen molar-refractivity contribution in [2.24, 2.45) is 5.73 Å². The van der Waals surface area contributed by atoms with Crippen LogP contribution in [0.3, 0.4) is 0 Å². The number of hydrogen-bond acceptors (Lipinski definition) is 3. The van der Waals surface area contributed by atoms with Crippen molar-refractivity contribution in [1.82, 2.24) is 4.98 Å². The van der Waals surface area contributed by atoms with Crippen LogP contribution in [-0.2, 0) is 0 Å². The number of carbonyl (C=O) groups excluding carboxylic acids is 1. The molecule has 2 N–H and O–H groups in total. The highest BCUT2D eigenvalue weighted by atomic mass is 35.5. The van der Waals surface area contributed by atoms with Gasteiger partial charge in [-0.2, -0.15) is 0 Å². The summed E-state index contributed by atoms with van der Waals surface area (Å²) in [6.45, 7) is 6.49. The van der Waals surface area contributed by atoms with E-state index in [1.165, 1.54) is 6.07 Å². The van der Waals surface area contributed by atoms with Gasteiger partial charge in [0.05, 0.1) is 16.1 Å². The van der Waals surface area contributed by atoms with E-state index in [0.717, 1.165) is 0 Å². The van der Waals surface area contributed by atoms with Crippen LogP contribution < -0.4 is 10.5 Å². The summed E-state index contributed by atoms with van der Waals surface area (Å²) >= 11 is 6.01. The zero-order chi connectivity index (χ0) is 13.1. The fourth-order valence-electron chi connectivity index (χ4n) is 1.55. The van der Waals surface area contributed by atoms with Crippen LogP contribution in [-0.4, -0.2) is 17.6 Å². The second-order valence-electron chi connectivity index (χ2n) is 3.45. The zero-order valence-corrected chi connectivity index (χ0v) is 9.94. The number of benzene rings is 1. The first kappa shape index (κ1) is 12.1. The molecule has 0 aliphatic carbocycles. The molecule has 0 aliphatic heterocycles. The molecule has 1 heterocycles. The van der Waals surface area contributed by atoms with Crippen LogP contribution in [0, 0.1) is 6.57 Å². The molecule has 0 radical (unpaired) electrons. The molecule has 1 aromatic carbocycles. The summed E-state index contributed by atoms with van der Waals surface area (Å²) in [6.07, 6.45) is 1.55. The molecule has 0 saturated heterocycles. The molecule has 0 spiro atoms. The molecule has 0 saturated carbocycles. The van der Waals surface area contributed by atoms with Crippen LogP contribution in [0.5, 0.6) is 5.75 Å². The van der Waals surface area contributed by atoms with Crippen molar-refractivity contribution >= 4 is 28.4 Å². The van der Waals surface area contributed by atoms with Gasteiger partial charge in [-0.05, 0) is 12.1 Å². The molecular formula is C12H8ClN3O2. The Morgan fingerprint density at radius 3 is 3.00 bits per heavy atom. The average Bonchev–Trinajstić information content (AvgIpc) is 2.35. The van der Waals surface area contributed by atoms with Gasteiger partial charge in [-0.25, -0.2) is 6.57 Å². The van der Waals surface area contributed by atoms with Gasteiger partial charge in [-0.1, -0.05) is 11.6 Å². The normalized spacial score (nSPS) is 10.0. The minimum atomic E-state index is -0.642. The minimum absolute atomic E-state index is 0.182. The maximum absolute atomic E-state index is 11.3. The summed E-state index contributed by atoms with van der Waals surface area (Å²) in [5, 5.41) is 1.09. The average molecular weight is 262 g/mol. The Balaban J connectivity index is 2.65. The SMILES string of the molecule is [C-]#[N+]COc1cc2nccc(Cl)c2cc1C(N)=O. The third kappa shape index (κ3) is 2.19. The molecule has 90 valence electrons. The Bertz CT molecular complexity index is 664. The molecule has 2 aromatic rings. The number of halogens is 1. The smallest absolute Gasteiger partial charge is 0.357 e. The standard InChI is InChI=1S/C12H8ClN3O2/c1-15-6-18-11-5-10-7(4-8(11)12(14)17)9(13)2-3-16-10/h2-5H,6H2,(H2,14,17). The van der Waals surface area contributed by atoms with Gasteiger partial charge in [0.15, 0.2) is 0 Å². The Labute approximate surface area is 108 Å². The number of amides is 1. The quantitative estimate of drug-likeness (QED) is 0.862. The fraction of sp³-hybridized carbons (Fsp3) is 0.0833. The molecule has 0 fully saturated rings. The van der Waals surface area contributed by atoms with Crippen LogP contribution in [0.15, 0.2) is 24.4 Å². The van der Waals surface area contributed by atoms with Gasteiger partial charge in [0, 0.05) is 17.6 Å². The van der Waals surface area contributed by atoms with E-state index >= 15 is 0 Å². The molecule has 1 aromatic heterocycles. The summed E-state index contributed by atoms with van der Waals surface area (Å²) in [4.78, 5) is 18.5. The van der Waals surface area contributed by atoms with Crippen molar-refractivity contribution in [1.29, 1.82) is 0 Å². The van der Waals surface area contributed by atoms with Gasteiger partial charge in [0.25, 0.3) is 5.91 Å². The minimum Gasteiger partial charge on any atom is -0.425 e. The van der Waals surface area contributed by atoms with Crippen LogP contribution >= 0.6 is 11.6 Å². The van der Waals surface area contributed by atoms with Gasteiger partial charge < -0.3 is 10.5 Å².